The molecule has 5 atom stereocenters. The van der Waals surface area contributed by atoms with Gasteiger partial charge in [0.05, 0.1) is 22.9 Å². The molecule has 7 rings (SSSR count). The summed E-state index contributed by atoms with van der Waals surface area (Å²) in [7, 11) is 0. The minimum atomic E-state index is -2.29. The number of hydrogen-bond donors (Lipinski definition) is 12. The molecule has 2 aromatic heterocycles. The van der Waals surface area contributed by atoms with E-state index < -0.39 is 151 Å². The fourth-order valence-corrected chi connectivity index (χ4v) is 6.04. The number of ether oxygens (including phenoxy) is 4. The molecular weight excluding hydrogens is 760 g/mol. The quantitative estimate of drug-likeness (QED) is 0.0452. The summed E-state index contributed by atoms with van der Waals surface area (Å²) in [6.07, 6.45) is -10.3. The molecule has 1 aliphatic rings. The lowest BCUT2D eigenvalue weighted by molar-refractivity contribution is -0.285. The normalized spacial score (nSPS) is 19.7. The van der Waals surface area contributed by atoms with Crippen LogP contribution in [0, 0.1) is 0 Å². The van der Waals surface area contributed by atoms with Crippen molar-refractivity contribution >= 4 is 44.6 Å². The fourth-order valence-electron chi connectivity index (χ4n) is 6.04. The smallest absolute Gasteiger partial charge is 0.344 e. The molecule has 1 fully saturated rings. The van der Waals surface area contributed by atoms with Gasteiger partial charge < -0.3 is 89.1 Å². The zero-order valence-electron chi connectivity index (χ0n) is 27.4. The number of phenols is 9. The lowest BCUT2D eigenvalue weighted by Gasteiger charge is -2.41. The monoisotopic (exact) mass is 784 g/mol. The maximum atomic E-state index is 13.5. The highest BCUT2D eigenvalue weighted by Crippen LogP contribution is 2.50. The maximum absolute atomic E-state index is 13.5. The van der Waals surface area contributed by atoms with Crippen LogP contribution in [-0.4, -0.2) is 111 Å². The average molecular weight is 785 g/mol. The van der Waals surface area contributed by atoms with Crippen LogP contribution >= 0.6 is 0 Å². The Labute approximate surface area is 306 Å². The van der Waals surface area contributed by atoms with Crippen LogP contribution in [0.3, 0.4) is 0 Å². The van der Waals surface area contributed by atoms with Crippen molar-refractivity contribution in [3.05, 3.63) is 62.3 Å². The summed E-state index contributed by atoms with van der Waals surface area (Å²) in [5.74, 6) is -14.7. The van der Waals surface area contributed by atoms with E-state index in [4.69, 9.17) is 27.8 Å². The standard InChI is InChI=1S/C34H24O22/c35-6-16-24(44)28(55-30(46)7-1-11(36)20(40)12(37)2-7)29(34(50)52-16)56-33(49)10-5-14(22(42)25(45)19(10)39)51-15-4-9-18-17-8(31(47)54-27(18)23(15)43)3-13(38)21(41)26(17)53-32(9)48/h1-5,16,24,28-29,34-45,50H,6H2. The van der Waals surface area contributed by atoms with Gasteiger partial charge in [0, 0.05) is 22.9 Å². The highest BCUT2D eigenvalue weighted by atomic mass is 16.7. The number of aliphatic hydroxyl groups is 3. The summed E-state index contributed by atoms with van der Waals surface area (Å²) in [6, 6.07) is 3.46. The third-order valence-corrected chi connectivity index (χ3v) is 8.80. The molecule has 0 saturated carbocycles. The minimum Gasteiger partial charge on any atom is -0.504 e. The van der Waals surface area contributed by atoms with E-state index in [-0.39, 0.29) is 16.2 Å². The molecule has 1 aliphatic heterocycles. The Balaban J connectivity index is 1.25. The number of aromatic hydroxyl groups is 9. The van der Waals surface area contributed by atoms with Gasteiger partial charge in [0.25, 0.3) is 0 Å². The molecule has 22 heteroatoms. The molecule has 12 N–H and O–H groups in total. The van der Waals surface area contributed by atoms with Crippen molar-refractivity contribution in [3.8, 4) is 63.2 Å². The number of aliphatic hydroxyl groups excluding tert-OH is 3. The second-order valence-corrected chi connectivity index (χ2v) is 12.2. The van der Waals surface area contributed by atoms with Crippen molar-refractivity contribution in [2.24, 2.45) is 0 Å². The lowest BCUT2D eigenvalue weighted by Crippen LogP contribution is -2.61. The Morgan fingerprint density at radius 3 is 1.75 bits per heavy atom. The predicted octanol–water partition coefficient (Wildman–Crippen LogP) is 0.454. The zero-order valence-corrected chi connectivity index (χ0v) is 27.4. The number of benzene rings is 4. The number of rotatable bonds is 7. The van der Waals surface area contributed by atoms with Gasteiger partial charge in [-0.1, -0.05) is 0 Å². The molecule has 0 spiro atoms. The second-order valence-electron chi connectivity index (χ2n) is 12.2. The summed E-state index contributed by atoms with van der Waals surface area (Å²) in [5.41, 5.74) is -5.45. The van der Waals surface area contributed by atoms with Gasteiger partial charge in [-0.25, -0.2) is 19.2 Å². The van der Waals surface area contributed by atoms with Crippen molar-refractivity contribution in [1.29, 1.82) is 0 Å². The van der Waals surface area contributed by atoms with Crippen molar-refractivity contribution in [1.82, 2.24) is 0 Å². The third kappa shape index (κ3) is 5.68. The average Bonchev–Trinajstić information content (AvgIpc) is 3.15. The number of hydrogen-bond acceptors (Lipinski definition) is 22. The Morgan fingerprint density at radius 2 is 1.14 bits per heavy atom. The van der Waals surface area contributed by atoms with Gasteiger partial charge in [0.15, 0.2) is 69.9 Å². The molecule has 3 heterocycles. The highest BCUT2D eigenvalue weighted by molar-refractivity contribution is 6.22. The molecule has 0 bridgehead atoms. The van der Waals surface area contributed by atoms with Crippen LogP contribution in [-0.2, 0) is 14.2 Å². The van der Waals surface area contributed by atoms with E-state index >= 15 is 0 Å². The van der Waals surface area contributed by atoms with Gasteiger partial charge in [-0.05, 0) is 18.2 Å². The molecular formula is C34H24O22. The SMILES string of the molecule is O=C(OC1C(O)C(CO)OC(O)C1OC(=O)c1cc(Oc2cc3c(=O)oc4c(O)c(O)cc5c(=O)oc(c2O)c3c45)c(O)c(O)c1O)c1cc(O)c(O)c(O)c1. The van der Waals surface area contributed by atoms with Gasteiger partial charge in [-0.2, -0.15) is 0 Å². The van der Waals surface area contributed by atoms with Crippen LogP contribution in [0.2, 0.25) is 0 Å². The third-order valence-electron chi connectivity index (χ3n) is 8.80. The molecule has 56 heavy (non-hydrogen) atoms. The van der Waals surface area contributed by atoms with Crippen LogP contribution in [0.25, 0.3) is 32.7 Å². The first kappa shape index (κ1) is 36.9. The second kappa shape index (κ2) is 13.2. The predicted molar refractivity (Wildman–Crippen MR) is 178 cm³/mol. The zero-order chi connectivity index (χ0) is 40.7. The first-order valence-corrected chi connectivity index (χ1v) is 15.6. The molecule has 22 nitrogen and oxygen atoms in total. The maximum Gasteiger partial charge on any atom is 0.344 e. The van der Waals surface area contributed by atoms with E-state index in [9.17, 15) is 80.5 Å². The molecule has 292 valence electrons. The summed E-state index contributed by atoms with van der Waals surface area (Å²) in [5, 5.41) is 122. The Hall–Kier alpha value is -7.40. The van der Waals surface area contributed by atoms with E-state index in [1.54, 1.807) is 0 Å². The number of carbonyl (C=O) groups excluding carboxylic acids is 2. The van der Waals surface area contributed by atoms with E-state index in [1.807, 2.05) is 0 Å². The molecule has 6 aromatic rings. The van der Waals surface area contributed by atoms with Crippen LogP contribution < -0.4 is 16.0 Å². The van der Waals surface area contributed by atoms with Gasteiger partial charge in [0.2, 0.25) is 23.0 Å². The van der Waals surface area contributed by atoms with E-state index in [0.717, 1.165) is 12.1 Å². The van der Waals surface area contributed by atoms with Crippen LogP contribution in [0.5, 0.6) is 63.2 Å². The van der Waals surface area contributed by atoms with Crippen molar-refractivity contribution in [3.63, 3.8) is 0 Å². The molecule has 0 amide bonds. The highest BCUT2D eigenvalue weighted by Gasteiger charge is 2.49. The number of phenolic OH excluding ortho intramolecular Hbond substituents is 9. The van der Waals surface area contributed by atoms with E-state index in [0.29, 0.717) is 18.2 Å². The molecule has 0 aliphatic carbocycles. The molecule has 0 radical (unpaired) electrons. The van der Waals surface area contributed by atoms with E-state index in [2.05, 4.69) is 0 Å². The van der Waals surface area contributed by atoms with Gasteiger partial charge in [0.1, 0.15) is 17.8 Å². The Bertz CT molecular complexity index is 2710. The van der Waals surface area contributed by atoms with E-state index in [1.165, 1.54) is 0 Å². The van der Waals surface area contributed by atoms with Crippen molar-refractivity contribution < 1.29 is 98.6 Å². The van der Waals surface area contributed by atoms with Crippen LogP contribution in [0.15, 0.2) is 48.8 Å². The summed E-state index contributed by atoms with van der Waals surface area (Å²) in [6.45, 7) is -0.977. The van der Waals surface area contributed by atoms with Crippen molar-refractivity contribution in [2.45, 2.75) is 30.7 Å². The number of carbonyl (C=O) groups is 2. The van der Waals surface area contributed by atoms with Crippen LogP contribution in [0.1, 0.15) is 20.7 Å². The lowest BCUT2D eigenvalue weighted by atomic mass is 9.98. The molecule has 1 saturated heterocycles. The number of esters is 2. The summed E-state index contributed by atoms with van der Waals surface area (Å²) in [4.78, 5) is 52.2. The topological polar surface area (TPSA) is 374 Å². The summed E-state index contributed by atoms with van der Waals surface area (Å²) >= 11 is 0. The Morgan fingerprint density at radius 1 is 0.607 bits per heavy atom. The summed E-state index contributed by atoms with van der Waals surface area (Å²) < 4.78 is 31.2. The van der Waals surface area contributed by atoms with Gasteiger partial charge >= 0.3 is 23.2 Å². The van der Waals surface area contributed by atoms with Gasteiger partial charge in [-0.3, -0.25) is 0 Å². The minimum absolute atomic E-state index is 0.245. The fraction of sp³-hybridized carbons (Fsp3) is 0.176. The first-order chi connectivity index (χ1) is 26.4. The van der Waals surface area contributed by atoms with Crippen molar-refractivity contribution in [2.75, 3.05) is 6.61 Å². The Kier molecular flexibility index (Phi) is 8.69. The molecule has 4 aromatic carbocycles. The largest absolute Gasteiger partial charge is 0.504 e. The van der Waals surface area contributed by atoms with Crippen LogP contribution in [0.4, 0.5) is 0 Å². The first-order valence-electron chi connectivity index (χ1n) is 15.6. The van der Waals surface area contributed by atoms with Gasteiger partial charge in [-0.15, -0.1) is 0 Å². The molecule has 5 unspecified atom stereocenters.